The first-order chi connectivity index (χ1) is 14.9. The number of nitrogens with zero attached hydrogens (tertiary/aromatic N) is 2. The van der Waals surface area contributed by atoms with Gasteiger partial charge in [0.05, 0.1) is 5.69 Å². The molecule has 8 nitrogen and oxygen atoms in total. The minimum atomic E-state index is -3.86. The largest absolute Gasteiger partial charge is 0.352 e. The number of hydrogen-bond acceptors (Lipinski definition) is 5. The van der Waals surface area contributed by atoms with Crippen LogP contribution in [-0.2, 0) is 16.4 Å². The average Bonchev–Trinajstić information content (AvgIpc) is 2.99. The van der Waals surface area contributed by atoms with Crippen molar-refractivity contribution in [3.05, 3.63) is 53.1 Å². The van der Waals surface area contributed by atoms with Gasteiger partial charge in [0.15, 0.2) is 0 Å². The summed E-state index contributed by atoms with van der Waals surface area (Å²) in [5, 5.41) is 5.55. The normalized spacial score (nSPS) is 19.2. The zero-order chi connectivity index (χ0) is 21.6. The van der Waals surface area contributed by atoms with Crippen molar-refractivity contribution in [2.24, 2.45) is 4.40 Å². The predicted octanol–water partition coefficient (Wildman–Crippen LogP) is 2.71. The second-order valence-corrected chi connectivity index (χ2v) is 9.53. The third-order valence-electron chi connectivity index (χ3n) is 5.90. The molecule has 0 bridgehead atoms. The highest BCUT2D eigenvalue weighted by atomic mass is 32.2. The number of fused-ring (bicyclic) bond motifs is 4. The molecule has 2 aromatic carbocycles. The van der Waals surface area contributed by atoms with Crippen LogP contribution in [0.25, 0.3) is 0 Å². The number of sulfonamides is 1. The first-order valence-corrected chi connectivity index (χ1v) is 11.8. The Morgan fingerprint density at radius 2 is 1.94 bits per heavy atom. The lowest BCUT2D eigenvalue weighted by Gasteiger charge is -2.29. The highest BCUT2D eigenvalue weighted by Crippen LogP contribution is 2.35. The number of anilines is 2. The number of carbonyl (C=O) groups is 2. The molecule has 2 amide bonds. The molecule has 1 saturated heterocycles. The molecule has 31 heavy (non-hydrogen) atoms. The number of carbonyl (C=O) groups excluding carboxylic acids is 2. The minimum Gasteiger partial charge on any atom is -0.352 e. The van der Waals surface area contributed by atoms with Gasteiger partial charge in [0.1, 0.15) is 10.7 Å². The van der Waals surface area contributed by atoms with E-state index in [-0.39, 0.29) is 16.4 Å². The second kappa shape index (κ2) is 7.49. The van der Waals surface area contributed by atoms with E-state index in [0.29, 0.717) is 42.3 Å². The Balaban J connectivity index is 1.45. The zero-order valence-electron chi connectivity index (χ0n) is 16.8. The van der Waals surface area contributed by atoms with Gasteiger partial charge in [0, 0.05) is 36.3 Å². The maximum Gasteiger partial charge on any atom is 0.286 e. The van der Waals surface area contributed by atoms with Crippen LogP contribution in [0, 0.1) is 0 Å². The summed E-state index contributed by atoms with van der Waals surface area (Å²) in [5.74, 6) is -0.0299. The van der Waals surface area contributed by atoms with E-state index >= 15 is 0 Å². The van der Waals surface area contributed by atoms with Crippen molar-refractivity contribution >= 4 is 39.0 Å². The Morgan fingerprint density at radius 3 is 2.81 bits per heavy atom. The van der Waals surface area contributed by atoms with Gasteiger partial charge < -0.3 is 15.5 Å². The standard InChI is InChI=1S/C22H22N4O4S/c27-21(24-16-7-5-14-9-10-23-22(28)17(14)13-16)15-6-8-18-19(12-15)31(29,30)25-20-4-2-1-3-11-26(18)20/h5-8,12-13H,1-4,9-11H2,(H,23,28)(H,24,27). The van der Waals surface area contributed by atoms with E-state index < -0.39 is 15.9 Å². The molecule has 3 heterocycles. The predicted molar refractivity (Wildman–Crippen MR) is 117 cm³/mol. The summed E-state index contributed by atoms with van der Waals surface area (Å²) in [7, 11) is -3.86. The Kier molecular flexibility index (Phi) is 4.77. The van der Waals surface area contributed by atoms with Gasteiger partial charge >= 0.3 is 0 Å². The fourth-order valence-corrected chi connectivity index (χ4v) is 5.60. The molecule has 0 saturated carbocycles. The van der Waals surface area contributed by atoms with Crippen LogP contribution in [0.4, 0.5) is 11.4 Å². The van der Waals surface area contributed by atoms with E-state index in [1.54, 1.807) is 24.3 Å². The molecule has 0 unspecified atom stereocenters. The first kappa shape index (κ1) is 19.7. The fraction of sp³-hybridized carbons (Fsp3) is 0.318. The van der Waals surface area contributed by atoms with E-state index in [0.717, 1.165) is 31.2 Å². The number of benzene rings is 2. The summed E-state index contributed by atoms with van der Waals surface area (Å²) < 4.78 is 29.6. The van der Waals surface area contributed by atoms with Crippen molar-refractivity contribution in [1.82, 2.24) is 5.32 Å². The molecule has 160 valence electrons. The van der Waals surface area contributed by atoms with Crippen LogP contribution < -0.4 is 15.5 Å². The van der Waals surface area contributed by atoms with Gasteiger partial charge in [0.2, 0.25) is 0 Å². The molecule has 0 aliphatic carbocycles. The SMILES string of the molecule is O=C(Nc1ccc2c(c1)C(=O)NCC2)c1ccc2c(c1)S(=O)(=O)N=C1CCCCCN12. The molecule has 3 aliphatic heterocycles. The van der Waals surface area contributed by atoms with E-state index in [1.165, 1.54) is 6.07 Å². The van der Waals surface area contributed by atoms with Crippen LogP contribution in [-0.4, -0.2) is 39.2 Å². The van der Waals surface area contributed by atoms with Gasteiger partial charge in [-0.05, 0) is 55.2 Å². The maximum atomic E-state index is 12.8. The molecule has 0 radical (unpaired) electrons. The van der Waals surface area contributed by atoms with Crippen molar-refractivity contribution in [2.75, 3.05) is 23.3 Å². The van der Waals surface area contributed by atoms with Crippen LogP contribution >= 0.6 is 0 Å². The Labute approximate surface area is 180 Å². The molecule has 0 spiro atoms. The Bertz CT molecular complexity index is 1240. The zero-order valence-corrected chi connectivity index (χ0v) is 17.7. The number of amidine groups is 1. The van der Waals surface area contributed by atoms with Crippen molar-refractivity contribution < 1.29 is 18.0 Å². The lowest BCUT2D eigenvalue weighted by atomic mass is 10.00. The topological polar surface area (TPSA) is 108 Å². The molecule has 0 atom stereocenters. The number of rotatable bonds is 2. The lowest BCUT2D eigenvalue weighted by Crippen LogP contribution is -2.35. The summed E-state index contributed by atoms with van der Waals surface area (Å²) in [5.41, 5.74) is 2.76. The summed E-state index contributed by atoms with van der Waals surface area (Å²) in [4.78, 5) is 26.9. The number of nitrogens with one attached hydrogen (secondary N) is 2. The maximum absolute atomic E-state index is 12.8. The first-order valence-electron chi connectivity index (χ1n) is 10.4. The molecule has 2 aromatic rings. The smallest absolute Gasteiger partial charge is 0.286 e. The lowest BCUT2D eigenvalue weighted by molar-refractivity contribution is 0.0944. The number of hydrogen-bond donors (Lipinski definition) is 2. The van der Waals surface area contributed by atoms with Crippen LogP contribution in [0.5, 0.6) is 0 Å². The summed E-state index contributed by atoms with van der Waals surface area (Å²) in [6, 6.07) is 9.92. The summed E-state index contributed by atoms with van der Waals surface area (Å²) in [6.45, 7) is 1.31. The van der Waals surface area contributed by atoms with E-state index in [9.17, 15) is 18.0 Å². The van der Waals surface area contributed by atoms with Crippen LogP contribution in [0.3, 0.4) is 0 Å². The molecule has 5 rings (SSSR count). The third-order valence-corrected chi connectivity index (χ3v) is 7.24. The minimum absolute atomic E-state index is 0.0515. The van der Waals surface area contributed by atoms with Crippen molar-refractivity contribution in [3.8, 4) is 0 Å². The molecule has 3 aliphatic rings. The average molecular weight is 439 g/mol. The van der Waals surface area contributed by atoms with Crippen LogP contribution in [0.15, 0.2) is 45.7 Å². The van der Waals surface area contributed by atoms with Gasteiger partial charge in [-0.15, -0.1) is 4.40 Å². The Morgan fingerprint density at radius 1 is 1.06 bits per heavy atom. The van der Waals surface area contributed by atoms with Crippen LogP contribution in [0.2, 0.25) is 0 Å². The van der Waals surface area contributed by atoms with Crippen molar-refractivity contribution in [1.29, 1.82) is 0 Å². The highest BCUT2D eigenvalue weighted by molar-refractivity contribution is 7.90. The molecular weight excluding hydrogens is 416 g/mol. The van der Waals surface area contributed by atoms with E-state index in [4.69, 9.17) is 0 Å². The third kappa shape index (κ3) is 3.59. The van der Waals surface area contributed by atoms with Crippen LogP contribution in [0.1, 0.15) is 52.0 Å². The van der Waals surface area contributed by atoms with Gasteiger partial charge in [0.25, 0.3) is 21.8 Å². The molecule has 0 aromatic heterocycles. The fourth-order valence-electron chi connectivity index (χ4n) is 4.31. The van der Waals surface area contributed by atoms with Gasteiger partial charge in [-0.3, -0.25) is 9.59 Å². The monoisotopic (exact) mass is 438 g/mol. The van der Waals surface area contributed by atoms with Crippen molar-refractivity contribution in [3.63, 3.8) is 0 Å². The molecule has 9 heteroatoms. The molecular formula is C22H22N4O4S. The second-order valence-electron chi connectivity index (χ2n) is 7.96. The molecule has 1 fully saturated rings. The highest BCUT2D eigenvalue weighted by Gasteiger charge is 2.32. The number of amides is 2. The Hall–Kier alpha value is -3.20. The van der Waals surface area contributed by atoms with Gasteiger partial charge in [-0.1, -0.05) is 12.5 Å². The van der Waals surface area contributed by atoms with Crippen molar-refractivity contribution in [2.45, 2.75) is 37.0 Å². The summed E-state index contributed by atoms with van der Waals surface area (Å²) >= 11 is 0. The van der Waals surface area contributed by atoms with E-state index in [2.05, 4.69) is 15.0 Å². The molecule has 2 N–H and O–H groups in total. The van der Waals surface area contributed by atoms with Gasteiger partial charge in [-0.25, -0.2) is 0 Å². The van der Waals surface area contributed by atoms with Gasteiger partial charge in [-0.2, -0.15) is 8.42 Å². The summed E-state index contributed by atoms with van der Waals surface area (Å²) in [6.07, 6.45) is 4.29. The van der Waals surface area contributed by atoms with E-state index in [1.807, 2.05) is 11.0 Å². The quantitative estimate of drug-likeness (QED) is 0.750.